The number of hydrogen-bond donors (Lipinski definition) is 0. The third-order valence-electron chi connectivity index (χ3n) is 5.76. The lowest BCUT2D eigenvalue weighted by Gasteiger charge is -2.39. The van der Waals surface area contributed by atoms with Crippen molar-refractivity contribution in [3.63, 3.8) is 0 Å². The van der Waals surface area contributed by atoms with Crippen molar-refractivity contribution in [1.82, 2.24) is 19.4 Å². The van der Waals surface area contributed by atoms with Crippen LogP contribution in [0.15, 0.2) is 42.6 Å². The molecule has 0 saturated carbocycles. The summed E-state index contributed by atoms with van der Waals surface area (Å²) in [6.07, 6.45) is 6.71. The third-order valence-corrected chi connectivity index (χ3v) is 5.76. The summed E-state index contributed by atoms with van der Waals surface area (Å²) < 4.78 is 2.23. The maximum Gasteiger partial charge on any atom is 0.127 e. The van der Waals surface area contributed by atoms with Gasteiger partial charge in [0.25, 0.3) is 0 Å². The average Bonchev–Trinajstić information content (AvgIpc) is 3.13. The molecule has 1 fully saturated rings. The van der Waals surface area contributed by atoms with Crippen molar-refractivity contribution < 1.29 is 4.79 Å². The summed E-state index contributed by atoms with van der Waals surface area (Å²) in [6, 6.07) is 12.9. The Morgan fingerprint density at radius 1 is 1.10 bits per heavy atom. The number of para-hydroxylation sites is 2. The molecule has 1 aromatic carbocycles. The van der Waals surface area contributed by atoms with Gasteiger partial charge in [-0.25, -0.2) is 4.98 Å². The zero-order valence-corrected chi connectivity index (χ0v) is 18.0. The van der Waals surface area contributed by atoms with E-state index in [1.54, 1.807) is 0 Å². The summed E-state index contributed by atoms with van der Waals surface area (Å²) >= 11 is 0. The monoisotopic (exact) mass is 392 g/mol. The van der Waals surface area contributed by atoms with Gasteiger partial charge in [-0.2, -0.15) is 0 Å². The lowest BCUT2D eigenvalue weighted by atomic mass is 9.92. The van der Waals surface area contributed by atoms with Gasteiger partial charge in [0.2, 0.25) is 0 Å². The van der Waals surface area contributed by atoms with Crippen molar-refractivity contribution in [3.05, 3.63) is 59.7 Å². The molecule has 2 atom stereocenters. The van der Waals surface area contributed by atoms with Crippen LogP contribution in [-0.2, 0) is 11.3 Å². The lowest BCUT2D eigenvalue weighted by molar-refractivity contribution is -0.108. The Kier molecular flexibility index (Phi) is 7.15. The lowest BCUT2D eigenvalue weighted by Crippen LogP contribution is -2.35. The second-order valence-corrected chi connectivity index (χ2v) is 7.40. The third kappa shape index (κ3) is 4.25. The van der Waals surface area contributed by atoms with Gasteiger partial charge < -0.3 is 9.36 Å². The van der Waals surface area contributed by atoms with E-state index in [1.165, 1.54) is 11.3 Å². The van der Waals surface area contributed by atoms with E-state index in [0.717, 1.165) is 42.4 Å². The summed E-state index contributed by atoms with van der Waals surface area (Å²) in [5.41, 5.74) is 4.52. The number of aromatic nitrogens is 3. The van der Waals surface area contributed by atoms with E-state index in [-0.39, 0.29) is 6.04 Å². The smallest absolute Gasteiger partial charge is 0.127 e. The molecule has 2 unspecified atom stereocenters. The van der Waals surface area contributed by atoms with Gasteiger partial charge in [0.1, 0.15) is 12.1 Å². The van der Waals surface area contributed by atoms with Crippen LogP contribution in [0.25, 0.3) is 11.0 Å². The first-order valence-electron chi connectivity index (χ1n) is 10.7. The van der Waals surface area contributed by atoms with Crippen molar-refractivity contribution >= 4 is 17.3 Å². The molecule has 154 valence electrons. The Labute approximate surface area is 173 Å². The van der Waals surface area contributed by atoms with Crippen LogP contribution in [0.5, 0.6) is 0 Å². The molecule has 0 N–H and O–H groups in total. The molecule has 1 aliphatic heterocycles. The fourth-order valence-electron chi connectivity index (χ4n) is 4.38. The van der Waals surface area contributed by atoms with E-state index >= 15 is 0 Å². The fraction of sp³-hybridized carbons (Fsp3) is 0.458. The zero-order chi connectivity index (χ0) is 20.8. The summed E-state index contributed by atoms with van der Waals surface area (Å²) in [4.78, 5) is 23.1. The largest absolute Gasteiger partial charge is 0.326 e. The predicted octanol–water partition coefficient (Wildman–Crippen LogP) is 5.25. The van der Waals surface area contributed by atoms with Crippen molar-refractivity contribution in [2.45, 2.75) is 65.1 Å². The molecule has 0 amide bonds. The number of carbonyl (C=O) groups excluding carboxylic acids is 1. The first kappa shape index (κ1) is 21.2. The molecule has 2 aromatic heterocycles. The van der Waals surface area contributed by atoms with E-state index in [1.807, 2.05) is 38.2 Å². The minimum Gasteiger partial charge on any atom is -0.326 e. The number of benzene rings is 1. The molecule has 0 aliphatic carbocycles. The van der Waals surface area contributed by atoms with Crippen LogP contribution in [-0.4, -0.2) is 32.8 Å². The van der Waals surface area contributed by atoms with Crippen molar-refractivity contribution in [2.24, 2.45) is 0 Å². The number of carbonyl (C=O) groups is 1. The molecule has 3 heterocycles. The fourth-order valence-corrected chi connectivity index (χ4v) is 4.38. The molecular formula is C24H32N4O. The molecule has 1 saturated heterocycles. The Balaban J connectivity index is 0.00000117. The van der Waals surface area contributed by atoms with E-state index < -0.39 is 0 Å². The second kappa shape index (κ2) is 9.79. The molecule has 0 bridgehead atoms. The van der Waals surface area contributed by atoms with Crippen LogP contribution in [0.4, 0.5) is 0 Å². The minimum absolute atomic E-state index is 0.226. The molecule has 5 heteroatoms. The van der Waals surface area contributed by atoms with Crippen LogP contribution in [0.3, 0.4) is 0 Å². The molecule has 0 spiro atoms. The number of hydrogen-bond acceptors (Lipinski definition) is 4. The number of piperidine rings is 1. The standard InChI is InChI=1S/C22H26N4O.C2H6/c1-16-8-6-13-23-21(16)19-11-5-12-20(25(19)2)22-24-17-9-3-4-10-18(17)26(22)14-7-15-27;1-2/h3-4,6,8-10,13,15,19-20H,5,7,11-12,14H2,1-2H3;1-2H3. The van der Waals surface area contributed by atoms with Gasteiger partial charge in [0.15, 0.2) is 0 Å². The van der Waals surface area contributed by atoms with Gasteiger partial charge in [0.05, 0.1) is 28.8 Å². The van der Waals surface area contributed by atoms with E-state index in [9.17, 15) is 4.79 Å². The summed E-state index contributed by atoms with van der Waals surface area (Å²) in [7, 11) is 2.19. The highest BCUT2D eigenvalue weighted by Crippen LogP contribution is 2.40. The van der Waals surface area contributed by atoms with Crippen molar-refractivity contribution in [2.75, 3.05) is 7.05 Å². The Morgan fingerprint density at radius 3 is 2.62 bits per heavy atom. The number of aldehydes is 1. The second-order valence-electron chi connectivity index (χ2n) is 7.40. The van der Waals surface area contributed by atoms with Crippen LogP contribution < -0.4 is 0 Å². The van der Waals surface area contributed by atoms with Crippen LogP contribution >= 0.6 is 0 Å². The number of likely N-dealkylation sites (tertiary alicyclic amines) is 1. The van der Waals surface area contributed by atoms with Crippen molar-refractivity contribution in [3.8, 4) is 0 Å². The number of rotatable bonds is 5. The Bertz CT molecular complexity index is 949. The Hall–Kier alpha value is -2.53. The van der Waals surface area contributed by atoms with Gasteiger partial charge in [-0.05, 0) is 57.0 Å². The number of imidazole rings is 1. The van der Waals surface area contributed by atoms with Gasteiger partial charge in [-0.3, -0.25) is 9.88 Å². The number of nitrogens with zero attached hydrogens (tertiary/aromatic N) is 4. The van der Waals surface area contributed by atoms with Gasteiger partial charge in [-0.1, -0.05) is 32.0 Å². The van der Waals surface area contributed by atoms with Crippen molar-refractivity contribution in [1.29, 1.82) is 0 Å². The van der Waals surface area contributed by atoms with Gasteiger partial charge in [-0.15, -0.1) is 0 Å². The highest BCUT2D eigenvalue weighted by Gasteiger charge is 2.34. The molecule has 1 aliphatic rings. The van der Waals surface area contributed by atoms with Crippen LogP contribution in [0, 0.1) is 6.92 Å². The maximum absolute atomic E-state index is 11.0. The van der Waals surface area contributed by atoms with Gasteiger partial charge in [0, 0.05) is 19.2 Å². The maximum atomic E-state index is 11.0. The topological polar surface area (TPSA) is 51.0 Å². The van der Waals surface area contributed by atoms with E-state index in [0.29, 0.717) is 19.0 Å². The molecule has 29 heavy (non-hydrogen) atoms. The minimum atomic E-state index is 0.226. The molecule has 3 aromatic rings. The molecule has 5 nitrogen and oxygen atoms in total. The number of aryl methyl sites for hydroxylation is 2. The summed E-state index contributed by atoms with van der Waals surface area (Å²) in [6.45, 7) is 6.82. The number of fused-ring (bicyclic) bond motifs is 1. The molecule has 0 radical (unpaired) electrons. The first-order valence-corrected chi connectivity index (χ1v) is 10.7. The SMILES string of the molecule is CC.Cc1cccnc1C1CCCC(c2nc3ccccc3n2CCC=O)N1C. The van der Waals surface area contributed by atoms with Gasteiger partial charge >= 0.3 is 0 Å². The van der Waals surface area contributed by atoms with Crippen LogP contribution in [0.1, 0.15) is 68.7 Å². The highest BCUT2D eigenvalue weighted by molar-refractivity contribution is 5.76. The zero-order valence-electron chi connectivity index (χ0n) is 18.0. The summed E-state index contributed by atoms with van der Waals surface area (Å²) in [5, 5.41) is 0. The van der Waals surface area contributed by atoms with E-state index in [4.69, 9.17) is 4.98 Å². The average molecular weight is 393 g/mol. The normalized spacial score (nSPS) is 19.6. The quantitative estimate of drug-likeness (QED) is 0.556. The van der Waals surface area contributed by atoms with Crippen LogP contribution in [0.2, 0.25) is 0 Å². The predicted molar refractivity (Wildman–Crippen MR) is 118 cm³/mol. The first-order chi connectivity index (χ1) is 14.2. The Morgan fingerprint density at radius 2 is 1.86 bits per heavy atom. The highest BCUT2D eigenvalue weighted by atomic mass is 16.1. The van der Waals surface area contributed by atoms with E-state index in [2.05, 4.69) is 46.6 Å². The summed E-state index contributed by atoms with van der Waals surface area (Å²) in [5.74, 6) is 1.07. The molecular weight excluding hydrogens is 360 g/mol. The molecule has 4 rings (SSSR count). The number of pyridine rings is 1.